The van der Waals surface area contributed by atoms with E-state index >= 15 is 0 Å². The topological polar surface area (TPSA) is 100 Å². The minimum absolute atomic E-state index is 0.425. The van der Waals surface area contributed by atoms with Gasteiger partial charge in [0.25, 0.3) is 0 Å². The molecule has 0 aliphatic carbocycles. The van der Waals surface area contributed by atoms with Crippen LogP contribution in [0.15, 0.2) is 103 Å². The summed E-state index contributed by atoms with van der Waals surface area (Å²) in [5.41, 5.74) is 7.17. The molecule has 5 aromatic carbocycles. The molecule has 5 nitrogen and oxygen atoms in total. The van der Waals surface area contributed by atoms with Crippen LogP contribution in [0.5, 0.6) is 0 Å². The molecule has 0 amide bonds. The predicted octanol–water partition coefficient (Wildman–Crippen LogP) is 7.60. The van der Waals surface area contributed by atoms with Crippen molar-refractivity contribution in [1.82, 2.24) is 4.57 Å². The third kappa shape index (κ3) is 3.60. The van der Waals surface area contributed by atoms with Crippen LogP contribution in [-0.4, -0.2) is 4.57 Å². The van der Waals surface area contributed by atoms with E-state index in [9.17, 15) is 21.0 Å². The Labute approximate surface area is 224 Å². The summed E-state index contributed by atoms with van der Waals surface area (Å²) in [6.07, 6.45) is 0. The molecular formula is C34H17N5. The highest BCUT2D eigenvalue weighted by molar-refractivity contribution is 6.15. The van der Waals surface area contributed by atoms with Gasteiger partial charge in [0.2, 0.25) is 0 Å². The zero-order valence-corrected chi connectivity index (χ0v) is 20.6. The number of nitrogens with zero attached hydrogens (tertiary/aromatic N) is 5. The van der Waals surface area contributed by atoms with Crippen molar-refractivity contribution >= 4 is 21.8 Å². The molecule has 0 saturated carbocycles. The van der Waals surface area contributed by atoms with E-state index in [-0.39, 0.29) is 0 Å². The van der Waals surface area contributed by atoms with E-state index in [1.165, 1.54) is 0 Å². The fourth-order valence-electron chi connectivity index (χ4n) is 5.35. The minimum atomic E-state index is 0.425. The van der Waals surface area contributed by atoms with Gasteiger partial charge in [-0.25, -0.2) is 0 Å². The minimum Gasteiger partial charge on any atom is -0.309 e. The number of aromatic nitrogens is 1. The van der Waals surface area contributed by atoms with Gasteiger partial charge in [-0.3, -0.25) is 0 Å². The summed E-state index contributed by atoms with van der Waals surface area (Å²) >= 11 is 0. The van der Waals surface area contributed by atoms with Crippen LogP contribution in [0.4, 0.5) is 0 Å². The molecule has 0 fully saturated rings. The summed E-state index contributed by atoms with van der Waals surface area (Å²) in [5.74, 6) is 0. The Hall–Kier alpha value is -6.14. The Morgan fingerprint density at radius 1 is 0.487 bits per heavy atom. The maximum atomic E-state index is 9.94. The quantitative estimate of drug-likeness (QED) is 0.252. The summed E-state index contributed by atoms with van der Waals surface area (Å²) in [5, 5.41) is 41.3. The fraction of sp³-hybridized carbons (Fsp3) is 0. The molecule has 1 aromatic heterocycles. The molecule has 1 heterocycles. The molecule has 0 aliphatic rings. The smallest absolute Gasteiger partial charge is 0.0998 e. The SMILES string of the molecule is N#Cc1cccc(C#N)c1-c1ccc2c(c1)c1cccc(-c3c(C#N)cccc3C#N)c1n2-c1ccccc1. The summed E-state index contributed by atoms with van der Waals surface area (Å²) in [4.78, 5) is 0. The molecule has 6 rings (SSSR count). The average Bonchev–Trinajstić information content (AvgIpc) is 3.34. The lowest BCUT2D eigenvalue weighted by atomic mass is 9.92. The van der Waals surface area contributed by atoms with Gasteiger partial charge in [-0.2, -0.15) is 21.0 Å². The van der Waals surface area contributed by atoms with Gasteiger partial charge in [-0.05, 0) is 54.1 Å². The fourth-order valence-corrected chi connectivity index (χ4v) is 5.35. The molecule has 6 aromatic rings. The van der Waals surface area contributed by atoms with Gasteiger partial charge in [-0.1, -0.05) is 54.6 Å². The Balaban J connectivity index is 1.78. The van der Waals surface area contributed by atoms with E-state index in [1.54, 1.807) is 36.4 Å². The number of fused-ring (bicyclic) bond motifs is 3. The Morgan fingerprint density at radius 3 is 1.64 bits per heavy atom. The van der Waals surface area contributed by atoms with E-state index in [2.05, 4.69) is 28.8 Å². The standard InChI is InChI=1S/C34H17N5/c35-18-23-7-4-8-24(19-36)32(23)22-15-16-31-30(17-22)28-13-6-14-29(33-25(20-37)9-5-10-26(33)21-38)34(28)39(31)27-11-2-1-3-12-27/h1-17H. The molecule has 0 radical (unpaired) electrons. The van der Waals surface area contributed by atoms with Crippen LogP contribution in [0, 0.1) is 45.3 Å². The van der Waals surface area contributed by atoms with Gasteiger partial charge in [0.15, 0.2) is 0 Å². The van der Waals surface area contributed by atoms with Crippen LogP contribution >= 0.6 is 0 Å². The van der Waals surface area contributed by atoms with Crippen LogP contribution in [0.2, 0.25) is 0 Å². The molecule has 0 atom stereocenters. The lowest BCUT2D eigenvalue weighted by Gasteiger charge is -2.13. The van der Waals surface area contributed by atoms with Gasteiger partial charge in [0.1, 0.15) is 0 Å². The third-order valence-electron chi connectivity index (χ3n) is 6.97. The number of benzene rings is 5. The first kappa shape index (κ1) is 23.3. The molecule has 39 heavy (non-hydrogen) atoms. The molecule has 5 heteroatoms. The zero-order valence-electron chi connectivity index (χ0n) is 20.6. The molecule has 0 bridgehead atoms. The Bertz CT molecular complexity index is 2040. The van der Waals surface area contributed by atoms with Gasteiger partial charge < -0.3 is 4.57 Å². The Morgan fingerprint density at radius 2 is 1.05 bits per heavy atom. The molecule has 0 saturated heterocycles. The molecule has 0 aliphatic heterocycles. The normalized spacial score (nSPS) is 10.5. The molecular weight excluding hydrogens is 478 g/mol. The van der Waals surface area contributed by atoms with Crippen molar-refractivity contribution in [2.45, 2.75) is 0 Å². The summed E-state index contributed by atoms with van der Waals surface area (Å²) < 4.78 is 2.14. The van der Waals surface area contributed by atoms with Crippen LogP contribution in [-0.2, 0) is 0 Å². The average molecular weight is 496 g/mol. The monoisotopic (exact) mass is 495 g/mol. The number of nitriles is 4. The van der Waals surface area contributed by atoms with Gasteiger partial charge in [0, 0.05) is 33.2 Å². The first-order chi connectivity index (χ1) is 19.2. The van der Waals surface area contributed by atoms with Gasteiger partial charge in [-0.15, -0.1) is 0 Å². The van der Waals surface area contributed by atoms with E-state index in [4.69, 9.17) is 0 Å². The van der Waals surface area contributed by atoms with E-state index in [0.717, 1.165) is 38.6 Å². The second-order valence-electron chi connectivity index (χ2n) is 9.01. The highest BCUT2D eigenvalue weighted by Crippen LogP contribution is 2.41. The first-order valence-electron chi connectivity index (χ1n) is 12.2. The van der Waals surface area contributed by atoms with Gasteiger partial charge >= 0.3 is 0 Å². The lowest BCUT2D eigenvalue weighted by Crippen LogP contribution is -1.97. The third-order valence-corrected chi connectivity index (χ3v) is 6.97. The summed E-state index contributed by atoms with van der Waals surface area (Å²) in [7, 11) is 0. The molecule has 0 unspecified atom stereocenters. The maximum absolute atomic E-state index is 9.94. The largest absolute Gasteiger partial charge is 0.309 e. The number of hydrogen-bond acceptors (Lipinski definition) is 4. The van der Waals surface area contributed by atoms with Crippen molar-refractivity contribution < 1.29 is 0 Å². The number of rotatable bonds is 3. The van der Waals surface area contributed by atoms with Crippen molar-refractivity contribution in [3.8, 4) is 52.2 Å². The molecule has 0 spiro atoms. The van der Waals surface area contributed by atoms with Crippen LogP contribution in [0.3, 0.4) is 0 Å². The Kier molecular flexibility index (Phi) is 5.60. The number of para-hydroxylation sites is 2. The van der Waals surface area contributed by atoms with Gasteiger partial charge in [0.05, 0.1) is 57.6 Å². The van der Waals surface area contributed by atoms with Crippen molar-refractivity contribution in [3.63, 3.8) is 0 Å². The van der Waals surface area contributed by atoms with E-state index in [0.29, 0.717) is 33.4 Å². The maximum Gasteiger partial charge on any atom is 0.0998 e. The van der Waals surface area contributed by atoms with Crippen LogP contribution in [0.1, 0.15) is 22.3 Å². The molecule has 0 N–H and O–H groups in total. The van der Waals surface area contributed by atoms with Crippen molar-refractivity contribution in [1.29, 1.82) is 21.0 Å². The zero-order chi connectivity index (χ0) is 26.9. The van der Waals surface area contributed by atoms with Crippen molar-refractivity contribution in [3.05, 3.63) is 125 Å². The summed E-state index contributed by atoms with van der Waals surface area (Å²) in [6, 6.07) is 41.1. The first-order valence-corrected chi connectivity index (χ1v) is 12.2. The van der Waals surface area contributed by atoms with Crippen LogP contribution in [0.25, 0.3) is 49.7 Å². The van der Waals surface area contributed by atoms with E-state index in [1.807, 2.05) is 66.7 Å². The summed E-state index contributed by atoms with van der Waals surface area (Å²) in [6.45, 7) is 0. The highest BCUT2D eigenvalue weighted by atomic mass is 15.0. The van der Waals surface area contributed by atoms with Crippen molar-refractivity contribution in [2.24, 2.45) is 0 Å². The lowest BCUT2D eigenvalue weighted by molar-refractivity contribution is 1.18. The van der Waals surface area contributed by atoms with E-state index < -0.39 is 0 Å². The number of hydrogen-bond donors (Lipinski definition) is 0. The van der Waals surface area contributed by atoms with Crippen molar-refractivity contribution in [2.75, 3.05) is 0 Å². The van der Waals surface area contributed by atoms with Crippen LogP contribution < -0.4 is 0 Å². The highest BCUT2D eigenvalue weighted by Gasteiger charge is 2.21. The second-order valence-corrected chi connectivity index (χ2v) is 9.01. The second kappa shape index (κ2) is 9.38. The molecule has 178 valence electrons. The predicted molar refractivity (Wildman–Crippen MR) is 151 cm³/mol.